The molecule has 0 aliphatic carbocycles. The van der Waals surface area contributed by atoms with E-state index in [-0.39, 0.29) is 18.0 Å². The number of cyclic esters (lactones) is 1. The van der Waals surface area contributed by atoms with Gasteiger partial charge in [0.05, 0.1) is 12.1 Å². The highest BCUT2D eigenvalue weighted by Crippen LogP contribution is 2.35. The van der Waals surface area contributed by atoms with Crippen LogP contribution < -0.4 is 5.32 Å². The number of hydrogen-bond donors (Lipinski definition) is 1. The number of carbonyl (C=O) groups excluding carboxylic acids is 3. The zero-order chi connectivity index (χ0) is 28.9. The van der Waals surface area contributed by atoms with Gasteiger partial charge in [0.25, 0.3) is 5.91 Å². The second-order valence-electron chi connectivity index (χ2n) is 10.1. The van der Waals surface area contributed by atoms with Gasteiger partial charge in [0.2, 0.25) is 5.91 Å². The van der Waals surface area contributed by atoms with Gasteiger partial charge >= 0.3 is 6.09 Å². The Kier molecular flexibility index (Phi) is 8.10. The van der Waals surface area contributed by atoms with Gasteiger partial charge in [0.15, 0.2) is 12.1 Å². The summed E-state index contributed by atoms with van der Waals surface area (Å²) in [5.74, 6) is -1.45. The van der Waals surface area contributed by atoms with E-state index in [1.165, 1.54) is 23.1 Å². The minimum Gasteiger partial charge on any atom is -0.438 e. The molecular weight excluding hydrogens is 521 g/mol. The van der Waals surface area contributed by atoms with Gasteiger partial charge < -0.3 is 15.0 Å². The third-order valence-electron chi connectivity index (χ3n) is 7.07. The molecule has 0 radical (unpaired) electrons. The monoisotopic (exact) mass is 551 g/mol. The van der Waals surface area contributed by atoms with Crippen molar-refractivity contribution in [2.75, 3.05) is 12.4 Å². The van der Waals surface area contributed by atoms with Crippen molar-refractivity contribution in [2.45, 2.75) is 32.2 Å². The molecule has 7 nitrogen and oxygen atoms in total. The van der Waals surface area contributed by atoms with Crippen molar-refractivity contribution in [2.24, 2.45) is 0 Å². The third kappa shape index (κ3) is 6.27. The lowest BCUT2D eigenvalue weighted by Crippen LogP contribution is -2.46. The van der Waals surface area contributed by atoms with Crippen molar-refractivity contribution >= 4 is 23.6 Å². The van der Waals surface area contributed by atoms with E-state index in [1.54, 1.807) is 42.3 Å². The zero-order valence-electron chi connectivity index (χ0n) is 22.8. The Morgan fingerprint density at radius 3 is 2.22 bits per heavy atom. The third-order valence-corrected chi connectivity index (χ3v) is 7.07. The molecule has 1 aliphatic heterocycles. The van der Waals surface area contributed by atoms with Gasteiger partial charge in [-0.05, 0) is 47.9 Å². The van der Waals surface area contributed by atoms with Crippen molar-refractivity contribution in [3.63, 3.8) is 0 Å². The molecule has 4 aromatic carbocycles. The number of benzene rings is 4. The Hall–Kier alpha value is -4.98. The van der Waals surface area contributed by atoms with Crippen LogP contribution in [0.4, 0.5) is 14.9 Å². The molecule has 1 saturated heterocycles. The second-order valence-corrected chi connectivity index (χ2v) is 10.1. The maximum atomic E-state index is 14.0. The largest absolute Gasteiger partial charge is 0.438 e. The lowest BCUT2D eigenvalue weighted by molar-refractivity contribution is -0.136. The lowest BCUT2D eigenvalue weighted by atomic mass is 9.99. The molecule has 4 aromatic rings. The molecule has 1 aliphatic rings. The van der Waals surface area contributed by atoms with Crippen molar-refractivity contribution in [3.05, 3.63) is 137 Å². The first kappa shape index (κ1) is 27.6. The maximum absolute atomic E-state index is 14.0. The van der Waals surface area contributed by atoms with Crippen LogP contribution in [0.5, 0.6) is 0 Å². The minimum atomic E-state index is -0.906. The molecule has 1 heterocycles. The molecule has 41 heavy (non-hydrogen) atoms. The Labute approximate surface area is 238 Å². The predicted molar refractivity (Wildman–Crippen MR) is 153 cm³/mol. The van der Waals surface area contributed by atoms with E-state index < -0.39 is 30.0 Å². The Morgan fingerprint density at radius 1 is 0.878 bits per heavy atom. The summed E-state index contributed by atoms with van der Waals surface area (Å²) in [5.41, 5.74) is 3.90. The predicted octanol–water partition coefficient (Wildman–Crippen LogP) is 6.11. The summed E-state index contributed by atoms with van der Waals surface area (Å²) < 4.78 is 19.8. The number of ether oxygens (including phenoxy) is 1. The Balaban J connectivity index is 1.40. The van der Waals surface area contributed by atoms with Gasteiger partial charge in [-0.1, -0.05) is 84.4 Å². The highest BCUT2D eigenvalue weighted by Gasteiger charge is 2.48. The first-order valence-corrected chi connectivity index (χ1v) is 13.3. The maximum Gasteiger partial charge on any atom is 0.411 e. The van der Waals surface area contributed by atoms with Crippen molar-refractivity contribution in [3.8, 4) is 0 Å². The fraction of sp³-hybridized carbons (Fsp3) is 0.182. The standard InChI is InChI=1S/C33H30FN3O4/c1-22-12-14-24(15-13-22)21-37-29(32(39)36(2)20-23-8-4-3-5-9-23)30(41-33(37)40)25-16-18-26(19-17-25)35-31(38)27-10-6-7-11-28(27)34/h3-19,29-30H,20-21H2,1-2H3,(H,35,38). The van der Waals surface area contributed by atoms with Gasteiger partial charge in [0, 0.05) is 19.3 Å². The zero-order valence-corrected chi connectivity index (χ0v) is 22.8. The van der Waals surface area contributed by atoms with Gasteiger partial charge in [-0.3, -0.25) is 14.5 Å². The van der Waals surface area contributed by atoms with Crippen molar-refractivity contribution in [1.29, 1.82) is 0 Å². The lowest BCUT2D eigenvalue weighted by Gasteiger charge is -2.28. The number of carbonyl (C=O) groups is 3. The van der Waals surface area contributed by atoms with Crippen LogP contribution >= 0.6 is 0 Å². The molecular formula is C33H30FN3O4. The number of nitrogens with one attached hydrogen (secondary N) is 1. The average Bonchev–Trinajstić information content (AvgIpc) is 3.30. The van der Waals surface area contributed by atoms with Crippen LogP contribution in [0.3, 0.4) is 0 Å². The topological polar surface area (TPSA) is 79.0 Å². The van der Waals surface area contributed by atoms with E-state index in [0.29, 0.717) is 17.8 Å². The molecule has 8 heteroatoms. The average molecular weight is 552 g/mol. The number of rotatable bonds is 8. The van der Waals surface area contributed by atoms with Crippen LogP contribution in [0.25, 0.3) is 0 Å². The van der Waals surface area contributed by atoms with E-state index in [2.05, 4.69) is 5.32 Å². The number of nitrogens with zero attached hydrogens (tertiary/aromatic N) is 2. The van der Waals surface area contributed by atoms with Crippen LogP contribution in [0.15, 0.2) is 103 Å². The first-order valence-electron chi connectivity index (χ1n) is 13.3. The van der Waals surface area contributed by atoms with Crippen LogP contribution in [0.1, 0.15) is 38.7 Å². The van der Waals surface area contributed by atoms with E-state index >= 15 is 0 Å². The summed E-state index contributed by atoms with van der Waals surface area (Å²) in [6, 6.07) is 28.9. The number of hydrogen-bond acceptors (Lipinski definition) is 4. The van der Waals surface area contributed by atoms with Crippen LogP contribution in [-0.2, 0) is 22.6 Å². The van der Waals surface area contributed by atoms with Gasteiger partial charge in [-0.2, -0.15) is 0 Å². The van der Waals surface area contributed by atoms with Crippen LogP contribution in [-0.4, -0.2) is 40.8 Å². The molecule has 1 N–H and O–H groups in total. The molecule has 1 fully saturated rings. The summed E-state index contributed by atoms with van der Waals surface area (Å²) in [6.07, 6.45) is -1.45. The molecule has 2 unspecified atom stereocenters. The first-order chi connectivity index (χ1) is 19.8. The smallest absolute Gasteiger partial charge is 0.411 e. The van der Waals surface area contributed by atoms with E-state index in [0.717, 1.165) is 16.7 Å². The summed E-state index contributed by atoms with van der Waals surface area (Å²) >= 11 is 0. The highest BCUT2D eigenvalue weighted by molar-refractivity contribution is 6.04. The molecule has 0 aromatic heterocycles. The van der Waals surface area contributed by atoms with E-state index in [4.69, 9.17) is 4.74 Å². The number of anilines is 1. The summed E-state index contributed by atoms with van der Waals surface area (Å²) in [7, 11) is 1.71. The van der Waals surface area contributed by atoms with Crippen LogP contribution in [0.2, 0.25) is 0 Å². The highest BCUT2D eigenvalue weighted by atomic mass is 19.1. The van der Waals surface area contributed by atoms with Crippen molar-refractivity contribution < 1.29 is 23.5 Å². The Bertz CT molecular complexity index is 1540. The molecule has 0 saturated carbocycles. The number of amides is 3. The Morgan fingerprint density at radius 2 is 1.54 bits per heavy atom. The number of halogens is 1. The fourth-order valence-corrected chi connectivity index (χ4v) is 4.84. The molecule has 5 rings (SSSR count). The molecule has 3 amide bonds. The second kappa shape index (κ2) is 12.0. The summed E-state index contributed by atoms with van der Waals surface area (Å²) in [6.45, 7) is 2.57. The summed E-state index contributed by atoms with van der Waals surface area (Å²) in [5, 5.41) is 2.68. The molecule has 0 spiro atoms. The normalized spacial score (nSPS) is 16.3. The van der Waals surface area contributed by atoms with Crippen LogP contribution in [0, 0.1) is 12.7 Å². The minimum absolute atomic E-state index is 0.0693. The molecule has 2 atom stereocenters. The van der Waals surface area contributed by atoms with E-state index in [9.17, 15) is 18.8 Å². The number of aryl methyl sites for hydroxylation is 1. The van der Waals surface area contributed by atoms with E-state index in [1.807, 2.05) is 61.5 Å². The molecule has 208 valence electrons. The summed E-state index contributed by atoms with van der Waals surface area (Å²) in [4.78, 5) is 42.7. The quantitative estimate of drug-likeness (QED) is 0.287. The number of likely N-dealkylation sites (N-methyl/N-ethyl adjacent to an activating group) is 1. The molecule has 0 bridgehead atoms. The van der Waals surface area contributed by atoms with Gasteiger partial charge in [-0.15, -0.1) is 0 Å². The van der Waals surface area contributed by atoms with Gasteiger partial charge in [0.1, 0.15) is 5.82 Å². The fourth-order valence-electron chi connectivity index (χ4n) is 4.84. The van der Waals surface area contributed by atoms with Crippen molar-refractivity contribution in [1.82, 2.24) is 9.80 Å². The SMILES string of the molecule is Cc1ccc(CN2C(=O)OC(c3ccc(NC(=O)c4ccccc4F)cc3)C2C(=O)N(C)Cc2ccccc2)cc1. The van der Waals surface area contributed by atoms with Gasteiger partial charge in [-0.25, -0.2) is 9.18 Å².